The SMILES string of the molecule is C[C@H](C[C@@H](/C=C/[C@H](O)[C@@H]1CC[C@H]1CN1C[C@@]2(CCCc3cc(Cl)ccc32)COc2ccc(C(=O)O)cc21)CO[Si](c1ccccc1)(c1ccccc1)C(C)(C)C)S(N)(=O)=O. The van der Waals surface area contributed by atoms with Crippen molar-refractivity contribution >= 4 is 52.0 Å². The Balaban J connectivity index is 1.16. The number of primary sulfonamides is 1. The first-order chi connectivity index (χ1) is 28.5. The molecule has 1 fully saturated rings. The number of anilines is 1. The number of carboxylic acid groups (broad SMARTS) is 1. The summed E-state index contributed by atoms with van der Waals surface area (Å²) in [6.07, 6.45) is 7.80. The molecule has 4 aromatic carbocycles. The van der Waals surface area contributed by atoms with Gasteiger partial charge >= 0.3 is 5.97 Å². The number of sulfonamides is 1. The van der Waals surface area contributed by atoms with Gasteiger partial charge in [0.2, 0.25) is 10.0 Å². The lowest BCUT2D eigenvalue weighted by molar-refractivity contribution is 0.0453. The molecule has 1 heterocycles. The molecule has 0 aromatic heterocycles. The summed E-state index contributed by atoms with van der Waals surface area (Å²) in [5, 5.41) is 29.4. The number of nitrogens with zero attached hydrogens (tertiary/aromatic N) is 1. The number of halogens is 1. The Bertz CT molecular complexity index is 2250. The largest absolute Gasteiger partial charge is 0.490 e. The van der Waals surface area contributed by atoms with Crippen molar-refractivity contribution in [2.24, 2.45) is 22.9 Å². The van der Waals surface area contributed by atoms with E-state index in [2.05, 4.69) is 62.1 Å². The molecule has 0 radical (unpaired) electrons. The number of fused-ring (bicyclic) bond motifs is 3. The van der Waals surface area contributed by atoms with Crippen LogP contribution in [0.3, 0.4) is 0 Å². The van der Waals surface area contributed by atoms with Gasteiger partial charge in [-0.3, -0.25) is 0 Å². The van der Waals surface area contributed by atoms with Crippen LogP contribution in [0.5, 0.6) is 5.75 Å². The van der Waals surface area contributed by atoms with E-state index in [4.69, 9.17) is 25.9 Å². The van der Waals surface area contributed by atoms with Crippen molar-refractivity contribution in [2.45, 2.75) is 88.0 Å². The number of aliphatic hydroxyl groups excluding tert-OH is 1. The molecule has 12 heteroatoms. The molecule has 1 saturated carbocycles. The maximum absolute atomic E-state index is 12.6. The van der Waals surface area contributed by atoms with Crippen LogP contribution in [0, 0.1) is 17.8 Å². The molecule has 1 spiro atoms. The fourth-order valence-corrected chi connectivity index (χ4v) is 15.3. The Morgan fingerprint density at radius 1 is 1.02 bits per heavy atom. The number of aliphatic hydroxyl groups is 1. The molecule has 4 N–H and O–H groups in total. The van der Waals surface area contributed by atoms with Crippen LogP contribution >= 0.6 is 11.6 Å². The lowest BCUT2D eigenvalue weighted by Gasteiger charge is -2.45. The molecule has 7 rings (SSSR count). The number of aromatic carboxylic acids is 1. The minimum Gasteiger partial charge on any atom is -0.490 e. The molecule has 6 atom stereocenters. The Kier molecular flexibility index (Phi) is 13.1. The number of benzene rings is 4. The zero-order valence-corrected chi connectivity index (χ0v) is 37.7. The monoisotopic (exact) mass is 870 g/mol. The van der Waals surface area contributed by atoms with Crippen LogP contribution in [0.15, 0.2) is 109 Å². The van der Waals surface area contributed by atoms with Gasteiger partial charge in [-0.05, 0) is 114 Å². The second-order valence-corrected chi connectivity index (χ2v) is 25.1. The Hall–Kier alpha value is -3.97. The van der Waals surface area contributed by atoms with E-state index < -0.39 is 35.7 Å². The summed E-state index contributed by atoms with van der Waals surface area (Å²) in [6.45, 7) is 10.2. The van der Waals surface area contributed by atoms with E-state index in [1.54, 1.807) is 25.1 Å². The molecular formula is C48H59ClN2O7SSi. The fourth-order valence-electron chi connectivity index (χ4n) is 9.97. The highest BCUT2D eigenvalue weighted by Crippen LogP contribution is 2.47. The summed E-state index contributed by atoms with van der Waals surface area (Å²) >= 11 is 6.46. The minimum absolute atomic E-state index is 0.0566. The van der Waals surface area contributed by atoms with Crippen molar-refractivity contribution in [3.05, 3.63) is 131 Å². The first-order valence-electron chi connectivity index (χ1n) is 21.2. The molecular weight excluding hydrogens is 812 g/mol. The van der Waals surface area contributed by atoms with Crippen molar-refractivity contribution in [1.29, 1.82) is 0 Å². The van der Waals surface area contributed by atoms with Crippen LogP contribution in [0.2, 0.25) is 10.1 Å². The van der Waals surface area contributed by atoms with E-state index in [9.17, 15) is 23.4 Å². The van der Waals surface area contributed by atoms with Gasteiger partial charge in [-0.15, -0.1) is 0 Å². The third-order valence-electron chi connectivity index (χ3n) is 13.4. The quantitative estimate of drug-likeness (QED) is 0.0866. The van der Waals surface area contributed by atoms with Crippen molar-refractivity contribution in [2.75, 3.05) is 31.2 Å². The number of nitrogens with two attached hydrogens (primary N) is 1. The van der Waals surface area contributed by atoms with Crippen LogP contribution < -0.4 is 25.1 Å². The van der Waals surface area contributed by atoms with E-state index in [0.29, 0.717) is 30.5 Å². The molecule has 0 bridgehead atoms. The van der Waals surface area contributed by atoms with Gasteiger partial charge < -0.3 is 24.3 Å². The summed E-state index contributed by atoms with van der Waals surface area (Å²) in [6, 6.07) is 31.9. The topological polar surface area (TPSA) is 139 Å². The van der Waals surface area contributed by atoms with E-state index in [1.165, 1.54) is 11.1 Å². The van der Waals surface area contributed by atoms with Crippen molar-refractivity contribution < 1.29 is 32.6 Å². The normalized spacial score (nSPS) is 22.2. The Morgan fingerprint density at radius 2 is 1.70 bits per heavy atom. The van der Waals surface area contributed by atoms with Gasteiger partial charge in [0.15, 0.2) is 0 Å². The van der Waals surface area contributed by atoms with Crippen molar-refractivity contribution in [3.63, 3.8) is 0 Å². The average Bonchev–Trinajstić information content (AvgIpc) is 3.35. The van der Waals surface area contributed by atoms with Crippen LogP contribution in [0.4, 0.5) is 5.69 Å². The number of hydrogen-bond acceptors (Lipinski definition) is 7. The number of carboxylic acids is 1. The lowest BCUT2D eigenvalue weighted by atomic mass is 9.68. The molecule has 1 aliphatic heterocycles. The number of ether oxygens (including phenoxy) is 1. The third kappa shape index (κ3) is 9.13. The smallest absolute Gasteiger partial charge is 0.335 e. The summed E-state index contributed by atoms with van der Waals surface area (Å²) in [4.78, 5) is 14.5. The summed E-state index contributed by atoms with van der Waals surface area (Å²) in [7, 11) is -6.77. The maximum atomic E-state index is 12.6. The van der Waals surface area contributed by atoms with E-state index in [1.807, 2.05) is 54.6 Å². The summed E-state index contributed by atoms with van der Waals surface area (Å²) in [5.41, 5.74) is 3.07. The molecule has 0 unspecified atom stereocenters. The maximum Gasteiger partial charge on any atom is 0.335 e. The molecule has 0 saturated heterocycles. The molecule has 4 aromatic rings. The molecule has 2 aliphatic carbocycles. The highest BCUT2D eigenvalue weighted by molar-refractivity contribution is 7.89. The van der Waals surface area contributed by atoms with E-state index >= 15 is 0 Å². The minimum atomic E-state index is -3.83. The summed E-state index contributed by atoms with van der Waals surface area (Å²) in [5.74, 6) is -0.635. The lowest BCUT2D eigenvalue weighted by Crippen LogP contribution is -2.66. The van der Waals surface area contributed by atoms with Crippen LogP contribution in [0.25, 0.3) is 0 Å². The van der Waals surface area contributed by atoms with Crippen molar-refractivity contribution in [3.8, 4) is 5.75 Å². The van der Waals surface area contributed by atoms with Gasteiger partial charge in [-0.1, -0.05) is 111 Å². The van der Waals surface area contributed by atoms with Crippen molar-refractivity contribution in [1.82, 2.24) is 0 Å². The fraction of sp³-hybridized carbons (Fsp3) is 0.438. The zero-order chi connectivity index (χ0) is 42.9. The van der Waals surface area contributed by atoms with Gasteiger partial charge in [-0.25, -0.2) is 18.4 Å². The van der Waals surface area contributed by atoms with E-state index in [0.717, 1.165) is 48.2 Å². The highest BCUT2D eigenvalue weighted by Gasteiger charge is 2.50. The van der Waals surface area contributed by atoms with Gasteiger partial charge in [0.25, 0.3) is 8.32 Å². The second-order valence-electron chi connectivity index (χ2n) is 18.3. The second kappa shape index (κ2) is 17.8. The van der Waals surface area contributed by atoms with Crippen LogP contribution in [0.1, 0.15) is 81.3 Å². The molecule has 0 amide bonds. The number of rotatable bonds is 14. The first-order valence-corrected chi connectivity index (χ1v) is 25.1. The molecule has 60 heavy (non-hydrogen) atoms. The van der Waals surface area contributed by atoms with Crippen LogP contribution in [-0.4, -0.2) is 70.6 Å². The number of hydrogen-bond donors (Lipinski definition) is 3. The zero-order valence-electron chi connectivity index (χ0n) is 35.1. The van der Waals surface area contributed by atoms with Crippen LogP contribution in [-0.2, 0) is 26.3 Å². The summed E-state index contributed by atoms with van der Waals surface area (Å²) < 4.78 is 39.0. The Morgan fingerprint density at radius 3 is 2.30 bits per heavy atom. The third-order valence-corrected chi connectivity index (χ3v) is 19.9. The molecule has 9 nitrogen and oxygen atoms in total. The van der Waals surface area contributed by atoms with Gasteiger partial charge in [0.1, 0.15) is 5.75 Å². The highest BCUT2D eigenvalue weighted by atomic mass is 35.5. The predicted molar refractivity (Wildman–Crippen MR) is 243 cm³/mol. The first kappa shape index (κ1) is 44.1. The number of aryl methyl sites for hydroxylation is 1. The molecule has 3 aliphatic rings. The standard InChI is InChI=1S/C48H59ClN2O7SSi/c1-33(59(50,55)56)26-34(30-58-60(47(2,3)4,39-13-7-5-8-14-39)40-15-9-6-10-16-40)17-23-44(52)41-21-18-37(41)29-51-31-48(25-11-12-35-27-38(49)20-22-42(35)48)32-57-45-24-19-36(46(53)54)28-43(45)51/h5-10,13-17,19-20,22-24,27-28,33-34,37,41,44,52H,11-12,18,21,25-26,29-32H2,1-4H3,(H,53,54)(H2,50,55,56)/b23-17+/t33-,34-,37+,41-,44+,48+/m1/s1. The number of carbonyl (C=O) groups is 1. The average molecular weight is 872 g/mol. The molecule has 320 valence electrons. The Labute approximate surface area is 361 Å². The van der Waals surface area contributed by atoms with Gasteiger partial charge in [-0.2, -0.15) is 0 Å². The van der Waals surface area contributed by atoms with E-state index in [-0.39, 0.29) is 46.8 Å². The predicted octanol–water partition coefficient (Wildman–Crippen LogP) is 7.71. The van der Waals surface area contributed by atoms with Gasteiger partial charge in [0.05, 0.1) is 29.2 Å². The van der Waals surface area contributed by atoms with Gasteiger partial charge in [0, 0.05) is 36.1 Å².